The predicted molar refractivity (Wildman–Crippen MR) is 97.2 cm³/mol. The van der Waals surface area contributed by atoms with Crippen LogP contribution in [0.4, 0.5) is 0 Å². The van der Waals surface area contributed by atoms with Crippen LogP contribution >= 0.6 is 12.4 Å². The fraction of sp³-hybridized carbons (Fsp3) is 0.471. The molecule has 8 heteroatoms. The van der Waals surface area contributed by atoms with E-state index in [9.17, 15) is 4.79 Å². The fourth-order valence-electron chi connectivity index (χ4n) is 2.82. The molecule has 0 bridgehead atoms. The molecule has 2 aromatic rings. The van der Waals surface area contributed by atoms with Crippen LogP contribution in [-0.4, -0.2) is 40.6 Å². The van der Waals surface area contributed by atoms with Gasteiger partial charge in [-0.3, -0.25) is 4.79 Å². The number of halogens is 1. The molecule has 0 aliphatic carbocycles. The Labute approximate surface area is 153 Å². The number of nitrogens with one attached hydrogen (secondary N) is 2. The lowest BCUT2D eigenvalue weighted by molar-refractivity contribution is 0.0945. The van der Waals surface area contributed by atoms with Crippen molar-refractivity contribution >= 4 is 18.3 Å². The van der Waals surface area contributed by atoms with Crippen LogP contribution in [0.3, 0.4) is 0 Å². The summed E-state index contributed by atoms with van der Waals surface area (Å²) in [6, 6.07) is 8.02. The minimum absolute atomic E-state index is 0. The minimum atomic E-state index is -0.211. The molecule has 0 saturated carbocycles. The van der Waals surface area contributed by atoms with Gasteiger partial charge in [0.05, 0.1) is 18.8 Å². The van der Waals surface area contributed by atoms with Crippen molar-refractivity contribution in [3.8, 4) is 5.75 Å². The molecule has 1 amide bonds. The van der Waals surface area contributed by atoms with E-state index in [0.29, 0.717) is 24.9 Å². The molecule has 1 aliphatic rings. The first-order valence-corrected chi connectivity index (χ1v) is 8.38. The molecule has 25 heavy (non-hydrogen) atoms. The van der Waals surface area contributed by atoms with E-state index in [2.05, 4.69) is 20.9 Å². The molecular formula is C17H24ClN5O2. The Morgan fingerprint density at radius 3 is 2.96 bits per heavy atom. The van der Waals surface area contributed by atoms with Gasteiger partial charge in [-0.2, -0.15) is 0 Å². The smallest absolute Gasteiger partial charge is 0.273 e. The number of ether oxygens (including phenoxy) is 1. The van der Waals surface area contributed by atoms with Crippen molar-refractivity contribution in [1.29, 1.82) is 0 Å². The topological polar surface area (TPSA) is 81.1 Å². The molecule has 0 atom stereocenters. The number of benzene rings is 1. The standard InChI is InChI=1S/C17H23N5O2.ClH/c1-2-24-15-5-3-4-13(10-15)11-19-17(23)16-12-22(21-20-16)14-6-8-18-9-7-14;/h3-5,10,12,14,18H,2,6-9,11H2,1H3,(H,19,23);1H. The van der Waals surface area contributed by atoms with Crippen molar-refractivity contribution in [3.05, 3.63) is 41.7 Å². The molecular weight excluding hydrogens is 342 g/mol. The van der Waals surface area contributed by atoms with E-state index in [-0.39, 0.29) is 18.3 Å². The molecule has 0 spiro atoms. The molecule has 1 fully saturated rings. The number of hydrogen-bond acceptors (Lipinski definition) is 5. The van der Waals surface area contributed by atoms with Crippen molar-refractivity contribution in [2.45, 2.75) is 32.4 Å². The lowest BCUT2D eigenvalue weighted by Crippen LogP contribution is -2.29. The molecule has 2 heterocycles. The highest BCUT2D eigenvalue weighted by Crippen LogP contribution is 2.17. The number of piperidine rings is 1. The van der Waals surface area contributed by atoms with Gasteiger partial charge in [0.25, 0.3) is 5.91 Å². The van der Waals surface area contributed by atoms with Gasteiger partial charge in [0.15, 0.2) is 5.69 Å². The molecule has 1 saturated heterocycles. The van der Waals surface area contributed by atoms with Crippen LogP contribution in [0.5, 0.6) is 5.75 Å². The zero-order valence-corrected chi connectivity index (χ0v) is 15.1. The van der Waals surface area contributed by atoms with Gasteiger partial charge in [-0.15, -0.1) is 17.5 Å². The third kappa shape index (κ3) is 5.17. The number of amides is 1. The van der Waals surface area contributed by atoms with E-state index in [0.717, 1.165) is 37.2 Å². The quantitative estimate of drug-likeness (QED) is 0.817. The molecule has 0 unspecified atom stereocenters. The second-order valence-electron chi connectivity index (χ2n) is 5.83. The van der Waals surface area contributed by atoms with Crippen molar-refractivity contribution in [2.75, 3.05) is 19.7 Å². The number of carbonyl (C=O) groups is 1. The molecule has 1 aromatic heterocycles. The van der Waals surface area contributed by atoms with Gasteiger partial charge in [-0.1, -0.05) is 17.3 Å². The summed E-state index contributed by atoms with van der Waals surface area (Å²) in [5, 5.41) is 14.3. The van der Waals surface area contributed by atoms with Crippen LogP contribution in [0.15, 0.2) is 30.5 Å². The van der Waals surface area contributed by atoms with Crippen LogP contribution in [0, 0.1) is 0 Å². The molecule has 2 N–H and O–H groups in total. The second-order valence-corrected chi connectivity index (χ2v) is 5.83. The average Bonchev–Trinajstić information content (AvgIpc) is 3.11. The molecule has 1 aromatic carbocycles. The van der Waals surface area contributed by atoms with E-state index >= 15 is 0 Å². The van der Waals surface area contributed by atoms with Crippen LogP contribution in [0.25, 0.3) is 0 Å². The third-order valence-electron chi connectivity index (χ3n) is 4.09. The highest BCUT2D eigenvalue weighted by Gasteiger charge is 2.18. The normalized spacial score (nSPS) is 14.6. The van der Waals surface area contributed by atoms with Crippen molar-refractivity contribution in [1.82, 2.24) is 25.6 Å². The SMILES string of the molecule is CCOc1cccc(CNC(=O)c2cn(C3CCNCC3)nn2)c1.Cl. The fourth-order valence-corrected chi connectivity index (χ4v) is 2.82. The number of nitrogens with zero attached hydrogens (tertiary/aromatic N) is 3. The first-order chi connectivity index (χ1) is 11.8. The monoisotopic (exact) mass is 365 g/mol. The summed E-state index contributed by atoms with van der Waals surface area (Å²) in [6.45, 7) is 4.94. The Kier molecular flexibility index (Phi) is 7.21. The van der Waals surface area contributed by atoms with Gasteiger partial charge in [-0.05, 0) is 50.6 Å². The molecule has 1 aliphatic heterocycles. The number of aromatic nitrogens is 3. The molecule has 0 radical (unpaired) electrons. The van der Waals surface area contributed by atoms with Gasteiger partial charge in [0.1, 0.15) is 5.75 Å². The van der Waals surface area contributed by atoms with Crippen molar-refractivity contribution in [2.24, 2.45) is 0 Å². The van der Waals surface area contributed by atoms with Gasteiger partial charge in [-0.25, -0.2) is 4.68 Å². The second kappa shape index (κ2) is 9.39. The van der Waals surface area contributed by atoms with Crippen molar-refractivity contribution < 1.29 is 9.53 Å². The summed E-state index contributed by atoms with van der Waals surface area (Å²) >= 11 is 0. The van der Waals surface area contributed by atoms with E-state index in [1.54, 1.807) is 6.20 Å². The van der Waals surface area contributed by atoms with E-state index in [1.165, 1.54) is 0 Å². The maximum absolute atomic E-state index is 12.3. The Morgan fingerprint density at radius 1 is 1.40 bits per heavy atom. The summed E-state index contributed by atoms with van der Waals surface area (Å²) in [5.74, 6) is 0.595. The predicted octanol–water partition coefficient (Wildman–Crippen LogP) is 1.95. The molecule has 7 nitrogen and oxygen atoms in total. The summed E-state index contributed by atoms with van der Waals surface area (Å²) in [5.41, 5.74) is 1.34. The van der Waals surface area contributed by atoms with Crippen molar-refractivity contribution in [3.63, 3.8) is 0 Å². The lowest BCUT2D eigenvalue weighted by atomic mass is 10.1. The van der Waals surface area contributed by atoms with Crippen LogP contribution in [-0.2, 0) is 6.54 Å². The first-order valence-electron chi connectivity index (χ1n) is 8.38. The molecule has 3 rings (SSSR count). The Hall–Kier alpha value is -2.12. The maximum Gasteiger partial charge on any atom is 0.273 e. The minimum Gasteiger partial charge on any atom is -0.494 e. The van der Waals surface area contributed by atoms with Crippen LogP contribution < -0.4 is 15.4 Å². The summed E-state index contributed by atoms with van der Waals surface area (Å²) in [6.07, 6.45) is 3.76. The largest absolute Gasteiger partial charge is 0.494 e. The number of hydrogen-bond donors (Lipinski definition) is 2. The van der Waals surface area contributed by atoms with Crippen LogP contribution in [0.1, 0.15) is 41.9 Å². The highest BCUT2D eigenvalue weighted by molar-refractivity contribution is 5.91. The van der Waals surface area contributed by atoms with Crippen LogP contribution in [0.2, 0.25) is 0 Å². The zero-order valence-electron chi connectivity index (χ0n) is 14.3. The van der Waals surface area contributed by atoms with Gasteiger partial charge in [0.2, 0.25) is 0 Å². The zero-order chi connectivity index (χ0) is 16.8. The van der Waals surface area contributed by atoms with Gasteiger partial charge < -0.3 is 15.4 Å². The molecule has 136 valence electrons. The highest BCUT2D eigenvalue weighted by atomic mass is 35.5. The van der Waals surface area contributed by atoms with Gasteiger partial charge in [0, 0.05) is 6.54 Å². The Balaban J connectivity index is 0.00000225. The van der Waals surface area contributed by atoms with E-state index in [4.69, 9.17) is 4.74 Å². The summed E-state index contributed by atoms with van der Waals surface area (Å²) < 4.78 is 7.28. The lowest BCUT2D eigenvalue weighted by Gasteiger charge is -2.22. The third-order valence-corrected chi connectivity index (χ3v) is 4.09. The Bertz CT molecular complexity index is 685. The number of rotatable bonds is 6. The summed E-state index contributed by atoms with van der Waals surface area (Å²) in [7, 11) is 0. The van der Waals surface area contributed by atoms with E-state index < -0.39 is 0 Å². The maximum atomic E-state index is 12.3. The number of carbonyl (C=O) groups excluding carboxylic acids is 1. The average molecular weight is 366 g/mol. The first kappa shape index (κ1) is 19.2. The summed E-state index contributed by atoms with van der Waals surface area (Å²) in [4.78, 5) is 12.3. The van der Waals surface area contributed by atoms with Gasteiger partial charge >= 0.3 is 0 Å². The Morgan fingerprint density at radius 2 is 2.20 bits per heavy atom. The van der Waals surface area contributed by atoms with E-state index in [1.807, 2.05) is 35.9 Å².